The molecule has 4 rings (SSSR count). The number of carbonyl (C=O) groups excluding carboxylic acids is 1. The smallest absolute Gasteiger partial charge is 0.285 e. The van der Waals surface area contributed by atoms with Crippen LogP contribution in [0.3, 0.4) is 0 Å². The standard InChI is InChI=1S/C23H25ClN2O5S2/c1-2-3-11-30-19-6-4-5-17(12-19)26-20-14-33(28,29)15-21(20)32-23(26)25-22(27)13-31-18-9-7-16(24)8-10-18/h4-10,12,20-21H,2-3,11,13-15H2,1H3/t20-,21+/m1/s1. The van der Waals surface area contributed by atoms with Gasteiger partial charge in [0, 0.05) is 22.0 Å². The number of halogens is 1. The molecule has 7 nitrogen and oxygen atoms in total. The van der Waals surface area contributed by atoms with Gasteiger partial charge >= 0.3 is 0 Å². The summed E-state index contributed by atoms with van der Waals surface area (Å²) in [6.07, 6.45) is 1.97. The number of amidine groups is 1. The van der Waals surface area contributed by atoms with E-state index < -0.39 is 15.7 Å². The molecule has 2 heterocycles. The molecule has 2 aromatic rings. The van der Waals surface area contributed by atoms with Crippen LogP contribution in [-0.2, 0) is 14.6 Å². The number of carbonyl (C=O) groups is 1. The Morgan fingerprint density at radius 3 is 2.70 bits per heavy atom. The summed E-state index contributed by atoms with van der Waals surface area (Å²) in [4.78, 5) is 18.7. The Balaban J connectivity index is 1.54. The van der Waals surface area contributed by atoms with Gasteiger partial charge in [-0.2, -0.15) is 4.99 Å². The van der Waals surface area contributed by atoms with Gasteiger partial charge in [0.05, 0.1) is 24.2 Å². The fraction of sp³-hybridized carbons (Fsp3) is 0.391. The molecule has 0 spiro atoms. The molecular formula is C23H25ClN2O5S2. The number of thioether (sulfide) groups is 1. The zero-order chi connectivity index (χ0) is 23.4. The van der Waals surface area contributed by atoms with E-state index in [0.717, 1.165) is 18.5 Å². The Morgan fingerprint density at radius 1 is 1.15 bits per heavy atom. The first-order valence-corrected chi connectivity index (χ1v) is 13.8. The third kappa shape index (κ3) is 6.02. The lowest BCUT2D eigenvalue weighted by molar-refractivity contribution is -0.119. The third-order valence-electron chi connectivity index (χ3n) is 5.33. The van der Waals surface area contributed by atoms with Crippen molar-refractivity contribution in [3.8, 4) is 11.5 Å². The molecule has 2 aliphatic rings. The molecule has 0 aromatic heterocycles. The van der Waals surface area contributed by atoms with Crippen molar-refractivity contribution in [1.29, 1.82) is 0 Å². The maximum atomic E-state index is 12.6. The van der Waals surface area contributed by atoms with E-state index in [1.807, 2.05) is 29.2 Å². The number of benzene rings is 2. The van der Waals surface area contributed by atoms with Crippen molar-refractivity contribution in [3.63, 3.8) is 0 Å². The van der Waals surface area contributed by atoms with Gasteiger partial charge in [-0.25, -0.2) is 8.42 Å². The second kappa shape index (κ2) is 10.4. The van der Waals surface area contributed by atoms with E-state index in [9.17, 15) is 13.2 Å². The van der Waals surface area contributed by atoms with Crippen LogP contribution in [0, 0.1) is 0 Å². The monoisotopic (exact) mass is 508 g/mol. The molecule has 33 heavy (non-hydrogen) atoms. The van der Waals surface area contributed by atoms with Crippen LogP contribution in [-0.4, -0.2) is 55.5 Å². The van der Waals surface area contributed by atoms with Gasteiger partial charge in [-0.3, -0.25) is 4.79 Å². The van der Waals surface area contributed by atoms with Gasteiger partial charge in [0.15, 0.2) is 21.6 Å². The Labute approximate surface area is 203 Å². The number of nitrogens with zero attached hydrogens (tertiary/aromatic N) is 2. The summed E-state index contributed by atoms with van der Waals surface area (Å²) in [5, 5.41) is 0.882. The highest BCUT2D eigenvalue weighted by atomic mass is 35.5. The number of amides is 1. The van der Waals surface area contributed by atoms with Gasteiger partial charge in [-0.1, -0.05) is 42.8 Å². The molecule has 0 radical (unpaired) electrons. The van der Waals surface area contributed by atoms with E-state index in [2.05, 4.69) is 11.9 Å². The highest BCUT2D eigenvalue weighted by molar-refractivity contribution is 8.16. The molecule has 2 atom stereocenters. The number of hydrogen-bond donors (Lipinski definition) is 0. The van der Waals surface area contributed by atoms with E-state index in [0.29, 0.717) is 28.3 Å². The van der Waals surface area contributed by atoms with E-state index in [-0.39, 0.29) is 29.4 Å². The molecule has 0 N–H and O–H groups in total. The van der Waals surface area contributed by atoms with Crippen LogP contribution in [0.4, 0.5) is 5.69 Å². The molecular weight excluding hydrogens is 484 g/mol. The molecule has 2 aromatic carbocycles. The Morgan fingerprint density at radius 2 is 1.94 bits per heavy atom. The zero-order valence-electron chi connectivity index (χ0n) is 18.1. The van der Waals surface area contributed by atoms with Gasteiger partial charge in [-0.05, 0) is 42.8 Å². The summed E-state index contributed by atoms with van der Waals surface area (Å²) in [5.74, 6) is 0.867. The van der Waals surface area contributed by atoms with Crippen molar-refractivity contribution in [1.82, 2.24) is 0 Å². The Bertz CT molecular complexity index is 1140. The largest absolute Gasteiger partial charge is 0.494 e. The van der Waals surface area contributed by atoms with Gasteiger partial charge in [0.2, 0.25) is 0 Å². The quantitative estimate of drug-likeness (QED) is 0.494. The van der Waals surface area contributed by atoms with Crippen molar-refractivity contribution in [2.24, 2.45) is 4.99 Å². The number of hydrogen-bond acceptors (Lipinski definition) is 6. The second-order valence-corrected chi connectivity index (χ2v) is 11.7. The average molecular weight is 509 g/mol. The SMILES string of the molecule is CCCCOc1cccc(N2C(=NC(=O)COc3ccc(Cl)cc3)S[C@H]3CS(=O)(=O)C[C@H]32)c1. The summed E-state index contributed by atoms with van der Waals surface area (Å²) < 4.78 is 35.9. The number of aliphatic imine (C=N–C) groups is 1. The Kier molecular flexibility index (Phi) is 7.51. The summed E-state index contributed by atoms with van der Waals surface area (Å²) in [7, 11) is -3.14. The lowest BCUT2D eigenvalue weighted by Gasteiger charge is -2.25. The number of rotatable bonds is 8. The van der Waals surface area contributed by atoms with Crippen LogP contribution >= 0.6 is 23.4 Å². The highest BCUT2D eigenvalue weighted by Crippen LogP contribution is 2.41. The average Bonchev–Trinajstić information content (AvgIpc) is 3.24. The first-order valence-electron chi connectivity index (χ1n) is 10.7. The molecule has 176 valence electrons. The molecule has 0 aliphatic carbocycles. The number of sulfone groups is 1. The molecule has 1 amide bonds. The number of ether oxygens (including phenoxy) is 2. The van der Waals surface area contributed by atoms with Crippen LogP contribution in [0.1, 0.15) is 19.8 Å². The van der Waals surface area contributed by atoms with E-state index in [1.54, 1.807) is 24.3 Å². The molecule has 0 saturated carbocycles. The minimum atomic E-state index is -3.14. The highest BCUT2D eigenvalue weighted by Gasteiger charge is 2.49. The van der Waals surface area contributed by atoms with Crippen LogP contribution < -0.4 is 14.4 Å². The van der Waals surface area contributed by atoms with Crippen molar-refractivity contribution in [3.05, 3.63) is 53.6 Å². The van der Waals surface area contributed by atoms with Crippen LogP contribution in [0.2, 0.25) is 5.02 Å². The van der Waals surface area contributed by atoms with E-state index in [4.69, 9.17) is 21.1 Å². The van der Waals surface area contributed by atoms with E-state index in [1.165, 1.54) is 11.8 Å². The van der Waals surface area contributed by atoms with Crippen LogP contribution in [0.15, 0.2) is 53.5 Å². The molecule has 2 saturated heterocycles. The lowest BCUT2D eigenvalue weighted by Crippen LogP contribution is -2.37. The maximum absolute atomic E-state index is 12.6. The Hall–Kier alpha value is -2.23. The fourth-order valence-corrected chi connectivity index (χ4v) is 7.80. The van der Waals surface area contributed by atoms with Crippen molar-refractivity contribution < 1.29 is 22.7 Å². The number of unbranched alkanes of at least 4 members (excludes halogenated alkanes) is 1. The third-order valence-corrected chi connectivity index (χ3v) is 8.79. The molecule has 0 unspecified atom stereocenters. The summed E-state index contributed by atoms with van der Waals surface area (Å²) in [6, 6.07) is 13.9. The van der Waals surface area contributed by atoms with Gasteiger partial charge in [0.1, 0.15) is 11.5 Å². The van der Waals surface area contributed by atoms with Crippen molar-refractivity contribution in [2.45, 2.75) is 31.1 Å². The predicted molar refractivity (Wildman–Crippen MR) is 133 cm³/mol. The topological polar surface area (TPSA) is 85.3 Å². The first kappa shape index (κ1) is 23.9. The van der Waals surface area contributed by atoms with Crippen LogP contribution in [0.5, 0.6) is 11.5 Å². The van der Waals surface area contributed by atoms with E-state index >= 15 is 0 Å². The summed E-state index contributed by atoms with van der Waals surface area (Å²) in [6.45, 7) is 2.47. The second-order valence-electron chi connectivity index (χ2n) is 7.90. The first-order chi connectivity index (χ1) is 15.8. The summed E-state index contributed by atoms with van der Waals surface area (Å²) >= 11 is 7.20. The van der Waals surface area contributed by atoms with Crippen LogP contribution in [0.25, 0.3) is 0 Å². The summed E-state index contributed by atoms with van der Waals surface area (Å²) in [5.41, 5.74) is 0.756. The molecule has 0 bridgehead atoms. The molecule has 2 aliphatic heterocycles. The lowest BCUT2D eigenvalue weighted by atomic mass is 10.2. The minimum Gasteiger partial charge on any atom is -0.494 e. The van der Waals surface area contributed by atoms with Crippen molar-refractivity contribution >= 4 is 50.0 Å². The zero-order valence-corrected chi connectivity index (χ0v) is 20.5. The van der Waals surface area contributed by atoms with Gasteiger partial charge < -0.3 is 14.4 Å². The molecule has 10 heteroatoms. The minimum absolute atomic E-state index is 0.0278. The maximum Gasteiger partial charge on any atom is 0.285 e. The number of fused-ring (bicyclic) bond motifs is 1. The predicted octanol–water partition coefficient (Wildman–Crippen LogP) is 4.20. The number of anilines is 1. The fourth-order valence-electron chi connectivity index (χ4n) is 3.74. The van der Waals surface area contributed by atoms with Crippen molar-refractivity contribution in [2.75, 3.05) is 29.6 Å². The normalized spacial score (nSPS) is 22.4. The van der Waals surface area contributed by atoms with Gasteiger partial charge in [0.25, 0.3) is 5.91 Å². The van der Waals surface area contributed by atoms with Gasteiger partial charge in [-0.15, -0.1) is 0 Å². The molecule has 2 fully saturated rings.